The number of nitrogens with zero attached hydrogens (tertiary/aromatic N) is 1. The van der Waals surface area contributed by atoms with Crippen molar-refractivity contribution in [3.8, 4) is 5.75 Å². The lowest BCUT2D eigenvalue weighted by Crippen LogP contribution is -2.16. The first-order valence-corrected chi connectivity index (χ1v) is 5.33. The zero-order valence-corrected chi connectivity index (χ0v) is 9.60. The molecular formula is C12H13BN2O2. The fourth-order valence-corrected chi connectivity index (χ4v) is 1.69. The van der Waals surface area contributed by atoms with E-state index < -0.39 is 0 Å². The number of rotatable bonds is 4. The topological polar surface area (TPSA) is 54.4 Å². The molecule has 1 heterocycles. The molecule has 0 saturated heterocycles. The van der Waals surface area contributed by atoms with Crippen LogP contribution < -0.4 is 15.5 Å². The molecule has 2 N–H and O–H groups in total. The van der Waals surface area contributed by atoms with Gasteiger partial charge in [0.15, 0.2) is 0 Å². The highest BCUT2D eigenvalue weighted by atomic mass is 16.5. The fourth-order valence-electron chi connectivity index (χ4n) is 1.69. The molecule has 2 aromatic rings. The van der Waals surface area contributed by atoms with Crippen molar-refractivity contribution in [1.82, 2.24) is 4.98 Å². The van der Waals surface area contributed by atoms with Gasteiger partial charge in [-0.1, -0.05) is 5.46 Å². The minimum atomic E-state index is 0.0488. The van der Waals surface area contributed by atoms with Crippen molar-refractivity contribution >= 4 is 29.9 Å². The highest BCUT2D eigenvalue weighted by molar-refractivity contribution is 6.37. The van der Waals surface area contributed by atoms with Crippen LogP contribution in [0.4, 0.5) is 5.69 Å². The monoisotopic (exact) mass is 228 g/mol. The number of nitrogens with one attached hydrogen (secondary N) is 1. The van der Waals surface area contributed by atoms with Gasteiger partial charge in [-0.2, -0.15) is 0 Å². The Kier molecular flexibility index (Phi) is 3.49. The molecule has 0 atom stereocenters. The highest BCUT2D eigenvalue weighted by Gasteiger charge is 2.06. The maximum Gasteiger partial charge on any atom is 0.119 e. The van der Waals surface area contributed by atoms with Gasteiger partial charge in [0.25, 0.3) is 0 Å². The SMILES string of the molecule is [B]c1cnc2ccc(OC)cc2c1NCCO. The Morgan fingerprint density at radius 3 is 3.00 bits per heavy atom. The molecular weight excluding hydrogens is 215 g/mol. The van der Waals surface area contributed by atoms with Crippen LogP contribution in [0.1, 0.15) is 0 Å². The van der Waals surface area contributed by atoms with E-state index in [0.717, 1.165) is 22.3 Å². The van der Waals surface area contributed by atoms with Gasteiger partial charge in [-0.15, -0.1) is 0 Å². The van der Waals surface area contributed by atoms with E-state index in [1.54, 1.807) is 13.3 Å². The van der Waals surface area contributed by atoms with E-state index in [-0.39, 0.29) is 6.61 Å². The average molecular weight is 228 g/mol. The average Bonchev–Trinajstić information content (AvgIpc) is 2.37. The molecule has 0 amide bonds. The number of fused-ring (bicyclic) bond motifs is 1. The Labute approximate surface area is 101 Å². The minimum absolute atomic E-state index is 0.0488. The third-order valence-corrected chi connectivity index (χ3v) is 2.52. The summed E-state index contributed by atoms with van der Waals surface area (Å²) in [6.45, 7) is 0.494. The highest BCUT2D eigenvalue weighted by Crippen LogP contribution is 2.24. The van der Waals surface area contributed by atoms with Crippen LogP contribution in [-0.2, 0) is 0 Å². The van der Waals surface area contributed by atoms with Crippen LogP contribution in [0.3, 0.4) is 0 Å². The van der Waals surface area contributed by atoms with Gasteiger partial charge in [0, 0.05) is 23.8 Å². The molecule has 0 aliphatic heterocycles. The summed E-state index contributed by atoms with van der Waals surface area (Å²) >= 11 is 0. The van der Waals surface area contributed by atoms with Crippen LogP contribution in [0.5, 0.6) is 5.75 Å². The van der Waals surface area contributed by atoms with Crippen molar-refractivity contribution in [3.63, 3.8) is 0 Å². The third-order valence-electron chi connectivity index (χ3n) is 2.52. The number of benzene rings is 1. The first-order chi connectivity index (χ1) is 8.26. The van der Waals surface area contributed by atoms with Gasteiger partial charge in [0.1, 0.15) is 13.6 Å². The lowest BCUT2D eigenvalue weighted by molar-refractivity contribution is 0.311. The Morgan fingerprint density at radius 1 is 1.47 bits per heavy atom. The number of pyridine rings is 1. The van der Waals surface area contributed by atoms with Crippen molar-refractivity contribution in [2.24, 2.45) is 0 Å². The second-order valence-corrected chi connectivity index (χ2v) is 3.62. The molecule has 86 valence electrons. The van der Waals surface area contributed by atoms with E-state index in [4.69, 9.17) is 17.7 Å². The molecule has 0 bridgehead atoms. The Morgan fingerprint density at radius 2 is 2.29 bits per heavy atom. The van der Waals surface area contributed by atoms with Gasteiger partial charge in [-0.3, -0.25) is 4.98 Å². The fraction of sp³-hybridized carbons (Fsp3) is 0.250. The smallest absolute Gasteiger partial charge is 0.119 e. The molecule has 1 aromatic heterocycles. The van der Waals surface area contributed by atoms with Crippen molar-refractivity contribution in [1.29, 1.82) is 0 Å². The number of anilines is 1. The number of aromatic nitrogens is 1. The third kappa shape index (κ3) is 2.34. The summed E-state index contributed by atoms with van der Waals surface area (Å²) in [4.78, 5) is 4.24. The van der Waals surface area contributed by atoms with E-state index in [1.165, 1.54) is 0 Å². The zero-order chi connectivity index (χ0) is 12.3. The van der Waals surface area contributed by atoms with Crippen LogP contribution in [0.15, 0.2) is 24.4 Å². The van der Waals surface area contributed by atoms with E-state index in [9.17, 15) is 0 Å². The predicted molar refractivity (Wildman–Crippen MR) is 69.3 cm³/mol. The molecule has 5 heteroatoms. The van der Waals surface area contributed by atoms with E-state index in [2.05, 4.69) is 10.3 Å². The van der Waals surface area contributed by atoms with Crippen LogP contribution in [-0.4, -0.2) is 38.2 Å². The molecule has 4 nitrogen and oxygen atoms in total. The molecule has 2 radical (unpaired) electrons. The summed E-state index contributed by atoms with van der Waals surface area (Å²) in [5.41, 5.74) is 2.17. The first-order valence-electron chi connectivity index (χ1n) is 5.33. The predicted octanol–water partition coefficient (Wildman–Crippen LogP) is 0.441. The number of aliphatic hydroxyl groups excluding tert-OH is 1. The summed E-state index contributed by atoms with van der Waals surface area (Å²) in [5.74, 6) is 0.747. The second-order valence-electron chi connectivity index (χ2n) is 3.62. The van der Waals surface area contributed by atoms with E-state index in [1.807, 2.05) is 18.2 Å². The number of ether oxygens (including phenoxy) is 1. The normalized spacial score (nSPS) is 10.5. The summed E-state index contributed by atoms with van der Waals surface area (Å²) in [7, 11) is 7.48. The van der Waals surface area contributed by atoms with Gasteiger partial charge in [0.05, 0.1) is 19.2 Å². The molecule has 0 saturated carbocycles. The molecule has 0 unspecified atom stereocenters. The van der Waals surface area contributed by atoms with Gasteiger partial charge in [-0.25, -0.2) is 0 Å². The number of methoxy groups -OCH3 is 1. The number of hydrogen-bond donors (Lipinski definition) is 2. The van der Waals surface area contributed by atoms with Gasteiger partial charge >= 0.3 is 0 Å². The quantitative estimate of drug-likeness (QED) is 0.745. The van der Waals surface area contributed by atoms with Gasteiger partial charge in [-0.05, 0) is 18.2 Å². The summed E-state index contributed by atoms with van der Waals surface area (Å²) in [6.07, 6.45) is 1.61. The number of hydrogen-bond acceptors (Lipinski definition) is 4. The Hall–Kier alpha value is -1.75. The summed E-state index contributed by atoms with van der Waals surface area (Å²) in [5, 5.41) is 12.8. The largest absolute Gasteiger partial charge is 0.497 e. The van der Waals surface area contributed by atoms with Crippen molar-refractivity contribution in [3.05, 3.63) is 24.4 Å². The van der Waals surface area contributed by atoms with Crippen LogP contribution in [0.2, 0.25) is 0 Å². The molecule has 0 aliphatic carbocycles. The Bertz CT molecular complexity index is 531. The maximum absolute atomic E-state index is 8.85. The van der Waals surface area contributed by atoms with Crippen molar-refractivity contribution in [2.75, 3.05) is 25.6 Å². The van der Waals surface area contributed by atoms with E-state index in [0.29, 0.717) is 12.0 Å². The van der Waals surface area contributed by atoms with E-state index >= 15 is 0 Å². The summed E-state index contributed by atoms with van der Waals surface area (Å²) in [6, 6.07) is 5.59. The molecule has 0 spiro atoms. The molecule has 17 heavy (non-hydrogen) atoms. The molecule has 0 fully saturated rings. The van der Waals surface area contributed by atoms with Crippen LogP contribution in [0.25, 0.3) is 10.9 Å². The molecule has 2 rings (SSSR count). The van der Waals surface area contributed by atoms with Crippen LogP contribution >= 0.6 is 0 Å². The summed E-state index contributed by atoms with van der Waals surface area (Å²) < 4.78 is 5.18. The zero-order valence-electron chi connectivity index (χ0n) is 9.60. The minimum Gasteiger partial charge on any atom is -0.497 e. The number of aliphatic hydroxyl groups is 1. The molecule has 1 aromatic carbocycles. The lowest BCUT2D eigenvalue weighted by atomic mass is 9.94. The van der Waals surface area contributed by atoms with Gasteiger partial charge < -0.3 is 15.2 Å². The second kappa shape index (κ2) is 5.06. The lowest BCUT2D eigenvalue weighted by Gasteiger charge is -2.12. The standard InChI is InChI=1S/C12H13BN2O2/c1-17-8-2-3-11-9(6-8)12(14-4-5-16)10(13)7-15-11/h2-3,6-7,16H,4-5H2,1H3,(H,14,15). The first kappa shape index (κ1) is 11.7. The van der Waals surface area contributed by atoms with Crippen molar-refractivity contribution < 1.29 is 9.84 Å². The molecule has 0 aliphatic rings. The van der Waals surface area contributed by atoms with Gasteiger partial charge in [0.2, 0.25) is 0 Å². The maximum atomic E-state index is 8.85. The van der Waals surface area contributed by atoms with Crippen molar-refractivity contribution in [2.45, 2.75) is 0 Å². The Balaban J connectivity index is 2.56. The van der Waals surface area contributed by atoms with Crippen LogP contribution in [0, 0.1) is 0 Å².